The molecular formula is C22H24FN5O5S2. The summed E-state index contributed by atoms with van der Waals surface area (Å²) in [5, 5.41) is 2.64. The molecule has 13 heteroatoms. The van der Waals surface area contributed by atoms with Gasteiger partial charge in [0.1, 0.15) is 5.82 Å². The van der Waals surface area contributed by atoms with Crippen LogP contribution in [-0.2, 0) is 24.8 Å². The van der Waals surface area contributed by atoms with E-state index in [0.717, 1.165) is 22.7 Å². The van der Waals surface area contributed by atoms with Gasteiger partial charge in [-0.15, -0.1) is 0 Å². The molecule has 0 spiro atoms. The van der Waals surface area contributed by atoms with Crippen molar-refractivity contribution in [2.45, 2.75) is 24.7 Å². The highest BCUT2D eigenvalue weighted by molar-refractivity contribution is 7.92. The Morgan fingerprint density at radius 1 is 1.00 bits per heavy atom. The highest BCUT2D eigenvalue weighted by Crippen LogP contribution is 2.20. The number of amides is 1. The summed E-state index contributed by atoms with van der Waals surface area (Å²) in [4.78, 5) is 20.1. The van der Waals surface area contributed by atoms with Gasteiger partial charge in [0, 0.05) is 30.5 Å². The standard InChI is InChI=1S/C22H24FN5O5S2/c1-16-13-14-24-22(25-16)27-35(32,33)20-11-7-18(8-12-20)26-21(29)4-3-15-28(34(2,30)31)19-9-5-17(23)6-10-19/h5-14H,3-4,15H2,1-2H3,(H,26,29)(H,24,25,27). The van der Waals surface area contributed by atoms with E-state index >= 15 is 0 Å². The molecule has 186 valence electrons. The van der Waals surface area contributed by atoms with Crippen molar-refractivity contribution in [3.63, 3.8) is 0 Å². The minimum absolute atomic E-state index is 0.0134. The predicted octanol–water partition coefficient (Wildman–Crippen LogP) is 2.91. The average Bonchev–Trinajstić information content (AvgIpc) is 2.77. The molecule has 0 radical (unpaired) electrons. The Bertz CT molecular complexity index is 1400. The largest absolute Gasteiger partial charge is 0.326 e. The van der Waals surface area contributed by atoms with Gasteiger partial charge in [-0.05, 0) is 67.9 Å². The van der Waals surface area contributed by atoms with Crippen LogP contribution >= 0.6 is 0 Å². The number of benzene rings is 2. The van der Waals surface area contributed by atoms with Crippen LogP contribution in [0.5, 0.6) is 0 Å². The van der Waals surface area contributed by atoms with Gasteiger partial charge >= 0.3 is 0 Å². The van der Waals surface area contributed by atoms with Crippen molar-refractivity contribution >= 4 is 43.3 Å². The molecule has 1 heterocycles. The molecule has 0 aliphatic carbocycles. The first-order valence-corrected chi connectivity index (χ1v) is 13.7. The second-order valence-electron chi connectivity index (χ2n) is 7.61. The van der Waals surface area contributed by atoms with Crippen molar-refractivity contribution in [1.29, 1.82) is 0 Å². The molecule has 0 saturated carbocycles. The lowest BCUT2D eigenvalue weighted by Gasteiger charge is -2.22. The smallest absolute Gasteiger partial charge is 0.264 e. The summed E-state index contributed by atoms with van der Waals surface area (Å²) in [6, 6.07) is 12.2. The maximum Gasteiger partial charge on any atom is 0.264 e. The van der Waals surface area contributed by atoms with E-state index in [1.165, 1.54) is 42.6 Å². The minimum atomic E-state index is -3.92. The zero-order chi connectivity index (χ0) is 25.6. The molecule has 10 nitrogen and oxygen atoms in total. The van der Waals surface area contributed by atoms with Crippen LogP contribution in [0.15, 0.2) is 65.7 Å². The average molecular weight is 522 g/mol. The van der Waals surface area contributed by atoms with E-state index in [9.17, 15) is 26.0 Å². The number of hydrogen-bond donors (Lipinski definition) is 2. The number of nitrogens with zero attached hydrogens (tertiary/aromatic N) is 3. The van der Waals surface area contributed by atoms with Crippen LogP contribution in [0.25, 0.3) is 0 Å². The topological polar surface area (TPSA) is 138 Å². The molecule has 3 aromatic rings. The van der Waals surface area contributed by atoms with Crippen molar-refractivity contribution < 1.29 is 26.0 Å². The van der Waals surface area contributed by atoms with Crippen molar-refractivity contribution in [1.82, 2.24) is 9.97 Å². The molecule has 0 fully saturated rings. The Kier molecular flexibility index (Phi) is 8.02. The maximum atomic E-state index is 13.2. The van der Waals surface area contributed by atoms with Crippen LogP contribution in [0.3, 0.4) is 0 Å². The lowest BCUT2D eigenvalue weighted by Crippen LogP contribution is -2.31. The number of rotatable bonds is 10. The van der Waals surface area contributed by atoms with Gasteiger partial charge in [-0.3, -0.25) is 9.10 Å². The van der Waals surface area contributed by atoms with Crippen molar-refractivity contribution in [3.05, 3.63) is 72.3 Å². The Hall–Kier alpha value is -3.58. The molecule has 0 saturated heterocycles. The fourth-order valence-corrected chi connectivity index (χ4v) is 5.01. The number of carbonyl (C=O) groups excluding carboxylic acids is 1. The number of carbonyl (C=O) groups is 1. The molecule has 1 amide bonds. The lowest BCUT2D eigenvalue weighted by molar-refractivity contribution is -0.116. The minimum Gasteiger partial charge on any atom is -0.326 e. The van der Waals surface area contributed by atoms with Gasteiger partial charge < -0.3 is 5.32 Å². The van der Waals surface area contributed by atoms with Gasteiger partial charge in [0.15, 0.2) is 0 Å². The first kappa shape index (κ1) is 26.0. The highest BCUT2D eigenvalue weighted by atomic mass is 32.2. The van der Waals surface area contributed by atoms with Crippen LogP contribution in [0, 0.1) is 12.7 Å². The second-order valence-corrected chi connectivity index (χ2v) is 11.2. The molecule has 2 N–H and O–H groups in total. The molecule has 0 unspecified atom stereocenters. The summed E-state index contributed by atoms with van der Waals surface area (Å²) in [5.41, 5.74) is 1.28. The summed E-state index contributed by atoms with van der Waals surface area (Å²) >= 11 is 0. The summed E-state index contributed by atoms with van der Waals surface area (Å²) in [6.45, 7) is 1.74. The maximum absolute atomic E-state index is 13.2. The van der Waals surface area contributed by atoms with Gasteiger partial charge in [0.25, 0.3) is 10.0 Å². The van der Waals surface area contributed by atoms with Gasteiger partial charge in [0.2, 0.25) is 21.9 Å². The number of halogens is 1. The number of aryl methyl sites for hydroxylation is 1. The Labute approximate surface area is 203 Å². The summed E-state index contributed by atoms with van der Waals surface area (Å²) < 4.78 is 65.8. The van der Waals surface area contributed by atoms with E-state index in [-0.39, 0.29) is 36.1 Å². The molecule has 2 aromatic carbocycles. The summed E-state index contributed by atoms with van der Waals surface area (Å²) in [5.74, 6) is -0.912. The van der Waals surface area contributed by atoms with E-state index in [2.05, 4.69) is 20.0 Å². The van der Waals surface area contributed by atoms with E-state index < -0.39 is 25.9 Å². The van der Waals surface area contributed by atoms with Crippen LogP contribution in [0.4, 0.5) is 21.7 Å². The van der Waals surface area contributed by atoms with E-state index in [4.69, 9.17) is 0 Å². The SMILES string of the molecule is Cc1ccnc(NS(=O)(=O)c2ccc(NC(=O)CCCN(c3ccc(F)cc3)S(C)(=O)=O)cc2)n1. The molecule has 1 aromatic heterocycles. The zero-order valence-corrected chi connectivity index (χ0v) is 20.6. The third-order valence-electron chi connectivity index (χ3n) is 4.75. The Morgan fingerprint density at radius 2 is 1.66 bits per heavy atom. The monoisotopic (exact) mass is 521 g/mol. The van der Waals surface area contributed by atoms with Crippen molar-refractivity contribution in [2.24, 2.45) is 0 Å². The van der Waals surface area contributed by atoms with Gasteiger partial charge in [-0.1, -0.05) is 0 Å². The van der Waals surface area contributed by atoms with Crippen LogP contribution in [-0.4, -0.2) is 45.5 Å². The number of hydrogen-bond acceptors (Lipinski definition) is 7. The Balaban J connectivity index is 1.56. The second kappa shape index (κ2) is 10.8. The predicted molar refractivity (Wildman–Crippen MR) is 130 cm³/mol. The molecule has 0 aliphatic heterocycles. The molecule has 3 rings (SSSR count). The van der Waals surface area contributed by atoms with Gasteiger partial charge in [0.05, 0.1) is 16.8 Å². The molecule has 0 atom stereocenters. The van der Waals surface area contributed by atoms with Crippen molar-refractivity contribution in [3.8, 4) is 0 Å². The lowest BCUT2D eigenvalue weighted by atomic mass is 10.2. The normalized spacial score (nSPS) is 11.6. The first-order valence-electron chi connectivity index (χ1n) is 10.4. The summed E-state index contributed by atoms with van der Waals surface area (Å²) in [7, 11) is -7.54. The molecule has 0 aliphatic rings. The zero-order valence-electron chi connectivity index (χ0n) is 19.0. The molecular weight excluding hydrogens is 497 g/mol. The molecule has 0 bridgehead atoms. The van der Waals surface area contributed by atoms with E-state index in [1.807, 2.05) is 0 Å². The number of sulfonamides is 2. The van der Waals surface area contributed by atoms with Crippen molar-refractivity contribution in [2.75, 3.05) is 27.1 Å². The van der Waals surface area contributed by atoms with Gasteiger partial charge in [-0.25, -0.2) is 35.9 Å². The van der Waals surface area contributed by atoms with E-state index in [1.54, 1.807) is 13.0 Å². The number of aromatic nitrogens is 2. The highest BCUT2D eigenvalue weighted by Gasteiger charge is 2.18. The van der Waals surface area contributed by atoms with Crippen LogP contribution in [0.1, 0.15) is 18.5 Å². The van der Waals surface area contributed by atoms with Gasteiger partial charge in [-0.2, -0.15) is 0 Å². The fourth-order valence-electron chi connectivity index (χ4n) is 3.10. The van der Waals surface area contributed by atoms with E-state index in [0.29, 0.717) is 17.1 Å². The quantitative estimate of drug-likeness (QED) is 0.418. The summed E-state index contributed by atoms with van der Waals surface area (Å²) in [6.07, 6.45) is 2.70. The third kappa shape index (κ3) is 7.45. The Morgan fingerprint density at radius 3 is 2.26 bits per heavy atom. The van der Waals surface area contributed by atoms with Crippen LogP contribution in [0.2, 0.25) is 0 Å². The first-order chi connectivity index (χ1) is 16.4. The third-order valence-corrected chi connectivity index (χ3v) is 7.29. The van der Waals surface area contributed by atoms with Crippen LogP contribution < -0.4 is 14.3 Å². The molecule has 35 heavy (non-hydrogen) atoms. The number of nitrogens with one attached hydrogen (secondary N) is 2. The fraction of sp³-hybridized carbons (Fsp3) is 0.227. The number of anilines is 3.